The lowest BCUT2D eigenvalue weighted by atomic mass is 10.1. The Morgan fingerprint density at radius 1 is 1.10 bits per heavy atom. The fourth-order valence-corrected chi connectivity index (χ4v) is 2.42. The van der Waals surface area contributed by atoms with Gasteiger partial charge in [-0.05, 0) is 25.7 Å². The molecule has 0 bridgehead atoms. The summed E-state index contributed by atoms with van der Waals surface area (Å²) in [5.74, 6) is -0.830. The molecule has 0 aromatic carbocycles. The van der Waals surface area contributed by atoms with Gasteiger partial charge in [0.2, 0.25) is 11.8 Å². The highest BCUT2D eigenvalue weighted by atomic mass is 16.4. The van der Waals surface area contributed by atoms with E-state index in [1.807, 2.05) is 0 Å². The first-order valence-corrected chi connectivity index (χ1v) is 7.86. The highest BCUT2D eigenvalue weighted by Gasteiger charge is 2.17. The molecule has 1 rings (SSSR count). The van der Waals surface area contributed by atoms with Crippen LogP contribution in [0.15, 0.2) is 0 Å². The van der Waals surface area contributed by atoms with Crippen LogP contribution >= 0.6 is 0 Å². The molecule has 1 heterocycles. The lowest BCUT2D eigenvalue weighted by Gasteiger charge is -2.24. The van der Waals surface area contributed by atoms with Crippen molar-refractivity contribution in [2.45, 2.75) is 57.8 Å². The lowest BCUT2D eigenvalue weighted by Crippen LogP contribution is -2.41. The Hall–Kier alpha value is -1.59. The van der Waals surface area contributed by atoms with Crippen LogP contribution < -0.4 is 5.32 Å². The second kappa shape index (κ2) is 10.2. The van der Waals surface area contributed by atoms with Gasteiger partial charge < -0.3 is 15.3 Å². The van der Waals surface area contributed by atoms with Crippen LogP contribution in [-0.4, -0.2) is 47.4 Å². The van der Waals surface area contributed by atoms with Gasteiger partial charge in [0.1, 0.15) is 0 Å². The predicted octanol–water partition coefficient (Wildman–Crippen LogP) is 1.54. The van der Waals surface area contributed by atoms with E-state index in [0.717, 1.165) is 38.5 Å². The summed E-state index contributed by atoms with van der Waals surface area (Å²) in [6, 6.07) is 0. The highest BCUT2D eigenvalue weighted by molar-refractivity contribution is 5.84. The smallest absolute Gasteiger partial charge is 0.303 e. The Bertz CT molecular complexity index is 358. The van der Waals surface area contributed by atoms with Crippen LogP contribution in [0.25, 0.3) is 0 Å². The lowest BCUT2D eigenvalue weighted by molar-refractivity contribution is -0.137. The Kier molecular flexibility index (Phi) is 8.47. The van der Waals surface area contributed by atoms with E-state index in [2.05, 4.69) is 5.32 Å². The number of rotatable bonds is 8. The second-order valence-electron chi connectivity index (χ2n) is 5.53. The zero-order chi connectivity index (χ0) is 15.5. The van der Waals surface area contributed by atoms with E-state index in [-0.39, 0.29) is 24.8 Å². The number of hydrogen-bond donors (Lipinski definition) is 2. The van der Waals surface area contributed by atoms with Gasteiger partial charge in [-0.15, -0.1) is 0 Å². The summed E-state index contributed by atoms with van der Waals surface area (Å²) < 4.78 is 0. The molecule has 1 saturated heterocycles. The highest BCUT2D eigenvalue weighted by Crippen LogP contribution is 2.11. The predicted molar refractivity (Wildman–Crippen MR) is 78.8 cm³/mol. The number of carbonyl (C=O) groups excluding carboxylic acids is 2. The molecule has 0 saturated carbocycles. The molecular weight excluding hydrogens is 272 g/mol. The number of nitrogens with zero attached hydrogens (tertiary/aromatic N) is 1. The topological polar surface area (TPSA) is 86.7 Å². The largest absolute Gasteiger partial charge is 0.481 e. The van der Waals surface area contributed by atoms with E-state index in [9.17, 15) is 14.4 Å². The quantitative estimate of drug-likeness (QED) is 0.665. The molecule has 6 nitrogen and oxygen atoms in total. The third-order valence-corrected chi connectivity index (χ3v) is 3.65. The maximum absolute atomic E-state index is 11.9. The minimum absolute atomic E-state index is 0.0753. The van der Waals surface area contributed by atoms with E-state index < -0.39 is 5.97 Å². The molecule has 1 fully saturated rings. The summed E-state index contributed by atoms with van der Waals surface area (Å²) in [6.07, 6.45) is 7.02. The van der Waals surface area contributed by atoms with Gasteiger partial charge in [0.15, 0.2) is 0 Å². The van der Waals surface area contributed by atoms with Crippen LogP contribution in [0.2, 0.25) is 0 Å². The molecule has 1 aliphatic heterocycles. The Labute approximate surface area is 125 Å². The maximum atomic E-state index is 11.9. The average molecular weight is 298 g/mol. The van der Waals surface area contributed by atoms with Gasteiger partial charge in [-0.3, -0.25) is 14.4 Å². The van der Waals surface area contributed by atoms with E-state index >= 15 is 0 Å². The first kappa shape index (κ1) is 17.5. The summed E-state index contributed by atoms with van der Waals surface area (Å²) in [5, 5.41) is 11.3. The Morgan fingerprint density at radius 3 is 2.62 bits per heavy atom. The van der Waals surface area contributed by atoms with E-state index in [4.69, 9.17) is 5.11 Å². The third kappa shape index (κ3) is 8.32. The van der Waals surface area contributed by atoms with Gasteiger partial charge in [0.05, 0.1) is 6.54 Å². The molecule has 0 aliphatic carbocycles. The van der Waals surface area contributed by atoms with Gasteiger partial charge in [-0.2, -0.15) is 0 Å². The molecule has 0 spiro atoms. The van der Waals surface area contributed by atoms with Gasteiger partial charge in [-0.25, -0.2) is 0 Å². The fraction of sp³-hybridized carbons (Fsp3) is 0.800. The number of unbranched alkanes of at least 4 members (excludes halogenated alkanes) is 2. The first-order valence-electron chi connectivity index (χ1n) is 7.86. The number of aliphatic carboxylic acids is 1. The number of carboxylic acid groups (broad SMARTS) is 1. The average Bonchev–Trinajstić information content (AvgIpc) is 2.42. The van der Waals surface area contributed by atoms with Crippen LogP contribution in [0.5, 0.6) is 0 Å². The van der Waals surface area contributed by atoms with Crippen LogP contribution in [0, 0.1) is 0 Å². The first-order chi connectivity index (χ1) is 10.1. The van der Waals surface area contributed by atoms with Crippen molar-refractivity contribution in [2.75, 3.05) is 19.6 Å². The fourth-order valence-electron chi connectivity index (χ4n) is 2.42. The number of likely N-dealkylation sites (tertiary alicyclic amines) is 1. The molecule has 0 atom stereocenters. The zero-order valence-corrected chi connectivity index (χ0v) is 12.6. The number of nitrogens with one attached hydrogen (secondary N) is 1. The number of carbonyl (C=O) groups is 3. The van der Waals surface area contributed by atoms with Crippen molar-refractivity contribution in [1.29, 1.82) is 0 Å². The van der Waals surface area contributed by atoms with E-state index in [0.29, 0.717) is 25.9 Å². The standard InChI is InChI=1S/C15H26N2O4/c18-13(16-10-6-3-5-9-15(20)21)12-17-11-7-2-1-4-8-14(17)19/h1-12H2,(H,16,18)(H,20,21). The minimum atomic E-state index is -0.783. The van der Waals surface area contributed by atoms with Crippen molar-refractivity contribution in [3.63, 3.8) is 0 Å². The third-order valence-electron chi connectivity index (χ3n) is 3.65. The Morgan fingerprint density at radius 2 is 1.86 bits per heavy atom. The van der Waals surface area contributed by atoms with Crippen molar-refractivity contribution in [1.82, 2.24) is 10.2 Å². The van der Waals surface area contributed by atoms with Gasteiger partial charge >= 0.3 is 5.97 Å². The van der Waals surface area contributed by atoms with Crippen molar-refractivity contribution >= 4 is 17.8 Å². The van der Waals surface area contributed by atoms with Crippen molar-refractivity contribution in [2.24, 2.45) is 0 Å². The van der Waals surface area contributed by atoms with Crippen molar-refractivity contribution in [3.05, 3.63) is 0 Å². The molecule has 0 aromatic rings. The summed E-state index contributed by atoms with van der Waals surface area (Å²) in [7, 11) is 0. The number of hydrogen-bond acceptors (Lipinski definition) is 3. The van der Waals surface area contributed by atoms with Crippen LogP contribution in [-0.2, 0) is 14.4 Å². The van der Waals surface area contributed by atoms with Gasteiger partial charge in [0, 0.05) is 25.9 Å². The van der Waals surface area contributed by atoms with E-state index in [1.54, 1.807) is 4.90 Å². The molecule has 0 aromatic heterocycles. The molecular formula is C15H26N2O4. The zero-order valence-electron chi connectivity index (χ0n) is 12.6. The SMILES string of the molecule is O=C(O)CCCCCNC(=O)CN1CCCCCCC1=O. The summed E-state index contributed by atoms with van der Waals surface area (Å²) in [6.45, 7) is 1.36. The maximum Gasteiger partial charge on any atom is 0.303 e. The van der Waals surface area contributed by atoms with Crippen LogP contribution in [0.3, 0.4) is 0 Å². The molecule has 0 radical (unpaired) electrons. The molecule has 2 N–H and O–H groups in total. The molecule has 0 unspecified atom stereocenters. The van der Waals surface area contributed by atoms with Crippen LogP contribution in [0.4, 0.5) is 0 Å². The van der Waals surface area contributed by atoms with Crippen LogP contribution in [0.1, 0.15) is 57.8 Å². The van der Waals surface area contributed by atoms with Crippen molar-refractivity contribution in [3.8, 4) is 0 Å². The normalized spacial score (nSPS) is 16.2. The van der Waals surface area contributed by atoms with E-state index in [1.165, 1.54) is 0 Å². The van der Waals surface area contributed by atoms with Crippen molar-refractivity contribution < 1.29 is 19.5 Å². The second-order valence-corrected chi connectivity index (χ2v) is 5.53. The summed E-state index contributed by atoms with van der Waals surface area (Å²) in [4.78, 5) is 35.7. The summed E-state index contributed by atoms with van der Waals surface area (Å²) in [5.41, 5.74) is 0. The molecule has 2 amide bonds. The number of carboxylic acids is 1. The molecule has 21 heavy (non-hydrogen) atoms. The molecule has 6 heteroatoms. The Balaban J connectivity index is 2.13. The van der Waals surface area contributed by atoms with Gasteiger partial charge in [-0.1, -0.05) is 19.3 Å². The monoisotopic (exact) mass is 298 g/mol. The minimum Gasteiger partial charge on any atom is -0.481 e. The number of amides is 2. The molecule has 120 valence electrons. The summed E-state index contributed by atoms with van der Waals surface area (Å²) >= 11 is 0. The molecule has 1 aliphatic rings. The van der Waals surface area contributed by atoms with Gasteiger partial charge in [0.25, 0.3) is 0 Å².